The Hall–Kier alpha value is -4.36. The SMILES string of the molecule is CC1(C)C(C=CC=C2N(CCCS(=O)(=O)O)c3ccc(S(=O)(=O)O)cc3C2(C)CCCCCC(=O)ON2C(=O)CCC2=O)=[N+](CCCS(=O)(=O)O)c2ccc(S(=O)(=O)O)cc21. The lowest BCUT2D eigenvalue weighted by Gasteiger charge is -2.30. The summed E-state index contributed by atoms with van der Waals surface area (Å²) in [6.45, 7) is 5.50. The van der Waals surface area contributed by atoms with Gasteiger partial charge in [-0.15, -0.1) is 5.06 Å². The van der Waals surface area contributed by atoms with Gasteiger partial charge in [0.2, 0.25) is 5.69 Å². The van der Waals surface area contributed by atoms with E-state index in [0.29, 0.717) is 64.7 Å². The number of anilines is 1. The molecule has 3 aliphatic rings. The second kappa shape index (κ2) is 17.8. The number of amides is 2. The zero-order chi connectivity index (χ0) is 45.3. The molecule has 61 heavy (non-hydrogen) atoms. The summed E-state index contributed by atoms with van der Waals surface area (Å²) in [5, 5.41) is 0.464. The van der Waals surface area contributed by atoms with Gasteiger partial charge < -0.3 is 9.74 Å². The van der Waals surface area contributed by atoms with E-state index in [-0.39, 0.29) is 50.1 Å². The number of carbonyl (C=O) groups is 3. The van der Waals surface area contributed by atoms with Crippen LogP contribution in [0.25, 0.3) is 0 Å². The van der Waals surface area contributed by atoms with Gasteiger partial charge in [-0.1, -0.05) is 18.9 Å². The quantitative estimate of drug-likeness (QED) is 0.0673. The zero-order valence-corrected chi connectivity index (χ0v) is 36.8. The van der Waals surface area contributed by atoms with Crippen LogP contribution in [-0.2, 0) is 70.5 Å². The Morgan fingerprint density at radius 2 is 1.34 bits per heavy atom. The van der Waals surface area contributed by atoms with Crippen LogP contribution in [0.2, 0.25) is 0 Å². The summed E-state index contributed by atoms with van der Waals surface area (Å²) in [5.41, 5.74) is 1.09. The van der Waals surface area contributed by atoms with Crippen molar-refractivity contribution < 1.29 is 75.7 Å². The molecule has 0 aliphatic carbocycles. The van der Waals surface area contributed by atoms with Gasteiger partial charge in [-0.05, 0) is 82.0 Å². The molecule has 334 valence electrons. The van der Waals surface area contributed by atoms with Crippen LogP contribution in [0, 0.1) is 0 Å². The van der Waals surface area contributed by atoms with Crippen LogP contribution in [0.4, 0.5) is 11.4 Å². The van der Waals surface area contributed by atoms with Crippen LogP contribution in [0.1, 0.15) is 89.7 Å². The number of fused-ring (bicyclic) bond motifs is 2. The lowest BCUT2D eigenvalue weighted by atomic mass is 9.77. The van der Waals surface area contributed by atoms with E-state index >= 15 is 0 Å². The first-order chi connectivity index (χ1) is 28.1. The van der Waals surface area contributed by atoms with Gasteiger partial charge >= 0.3 is 5.97 Å². The number of imide groups is 1. The van der Waals surface area contributed by atoms with Crippen molar-refractivity contribution in [3.05, 3.63) is 71.5 Å². The second-order valence-corrected chi connectivity index (χ2v) is 21.7. The molecule has 1 unspecified atom stereocenters. The second-order valence-electron chi connectivity index (χ2n) is 15.7. The van der Waals surface area contributed by atoms with Crippen LogP contribution in [0.15, 0.2) is 70.1 Å². The van der Waals surface area contributed by atoms with E-state index in [1.54, 1.807) is 41.6 Å². The van der Waals surface area contributed by atoms with Crippen molar-refractivity contribution in [1.29, 1.82) is 0 Å². The molecule has 19 nitrogen and oxygen atoms in total. The molecule has 2 aromatic carbocycles. The molecule has 0 spiro atoms. The molecule has 1 atom stereocenters. The summed E-state index contributed by atoms with van der Waals surface area (Å²) in [5.74, 6) is -3.16. The molecule has 5 rings (SSSR count). The summed E-state index contributed by atoms with van der Waals surface area (Å²) in [7, 11) is -18.0. The number of carbonyl (C=O) groups excluding carboxylic acids is 3. The van der Waals surface area contributed by atoms with Crippen molar-refractivity contribution >= 4 is 75.3 Å². The highest BCUT2D eigenvalue weighted by molar-refractivity contribution is 7.86. The summed E-state index contributed by atoms with van der Waals surface area (Å²) in [6.07, 6.45) is 6.25. The predicted molar refractivity (Wildman–Crippen MR) is 220 cm³/mol. The minimum absolute atomic E-state index is 0.0237. The van der Waals surface area contributed by atoms with Crippen LogP contribution in [0.3, 0.4) is 0 Å². The van der Waals surface area contributed by atoms with Gasteiger partial charge in [0.05, 0.1) is 26.7 Å². The van der Waals surface area contributed by atoms with Gasteiger partial charge in [0.25, 0.3) is 52.3 Å². The van der Waals surface area contributed by atoms with Crippen molar-refractivity contribution in [3.63, 3.8) is 0 Å². The van der Waals surface area contributed by atoms with Gasteiger partial charge in [0.15, 0.2) is 5.71 Å². The molecule has 1 saturated heterocycles. The largest absolute Gasteiger partial charge is 0.344 e. The van der Waals surface area contributed by atoms with E-state index in [4.69, 9.17) is 4.84 Å². The standard InChI is InChI=1S/C38H47N3O16S4/c1-37(2)28-24-26(60(51,52)53)13-15-30(28)39(20-8-22-58(45,46)47)32(37)10-7-11-33-38(3,19-6-4-5-12-36(44)57-41-34(42)17-18-35(41)43)29-25-27(61(54,55)56)14-16-31(29)40(33)21-9-23-59(48,49)50/h7,10-11,13-16,24-25H,4-6,8-9,12,17-23H2,1-3H3,(H3-,45,46,47,48,49,50,51,52,53,54,55,56)/p+1. The van der Waals surface area contributed by atoms with Crippen LogP contribution < -0.4 is 4.90 Å². The van der Waals surface area contributed by atoms with Crippen LogP contribution >= 0.6 is 0 Å². The predicted octanol–water partition coefficient (Wildman–Crippen LogP) is 3.89. The third-order valence-corrected chi connectivity index (χ3v) is 14.3. The smallest absolute Gasteiger partial charge is 0.333 e. The number of allylic oxidation sites excluding steroid dienone is 4. The first kappa shape index (κ1) is 47.7. The van der Waals surface area contributed by atoms with Gasteiger partial charge in [-0.3, -0.25) is 27.8 Å². The molecule has 2 aromatic rings. The first-order valence-corrected chi connectivity index (χ1v) is 25.3. The number of hydrogen-bond donors (Lipinski definition) is 4. The number of hydroxylamine groups is 2. The van der Waals surface area contributed by atoms with Gasteiger partial charge in [-0.2, -0.15) is 38.2 Å². The maximum Gasteiger partial charge on any atom is 0.333 e. The average Bonchev–Trinajstić information content (AvgIpc) is 3.65. The Balaban J connectivity index is 1.54. The van der Waals surface area contributed by atoms with Crippen LogP contribution in [0.5, 0.6) is 0 Å². The normalized spacial score (nSPS) is 20.0. The summed E-state index contributed by atoms with van der Waals surface area (Å²) in [4.78, 5) is 42.1. The molecule has 0 radical (unpaired) electrons. The third kappa shape index (κ3) is 11.2. The highest BCUT2D eigenvalue weighted by atomic mass is 32.2. The maximum atomic E-state index is 12.5. The Kier molecular flexibility index (Phi) is 13.9. The van der Waals surface area contributed by atoms with E-state index in [1.807, 2.05) is 6.92 Å². The Morgan fingerprint density at radius 1 is 0.770 bits per heavy atom. The first-order valence-electron chi connectivity index (χ1n) is 19.2. The van der Waals surface area contributed by atoms with E-state index in [9.17, 15) is 66.3 Å². The Labute approximate surface area is 354 Å². The van der Waals surface area contributed by atoms with Gasteiger partial charge in [0, 0.05) is 66.7 Å². The summed E-state index contributed by atoms with van der Waals surface area (Å²) in [6, 6.07) is 8.00. The molecule has 3 aliphatic heterocycles. The Bertz CT molecular complexity index is 2660. The van der Waals surface area contributed by atoms with Gasteiger partial charge in [0.1, 0.15) is 6.54 Å². The minimum atomic E-state index is -4.69. The molecular weight excluding hydrogens is 883 g/mol. The van der Waals surface area contributed by atoms with Crippen molar-refractivity contribution in [2.24, 2.45) is 0 Å². The molecule has 1 fully saturated rings. The molecule has 23 heteroatoms. The van der Waals surface area contributed by atoms with Crippen LogP contribution in [-0.4, -0.2) is 110 Å². The number of unbranched alkanes of at least 4 members (excludes halogenated alkanes) is 2. The van der Waals surface area contributed by atoms with Crippen molar-refractivity contribution in [1.82, 2.24) is 5.06 Å². The zero-order valence-electron chi connectivity index (χ0n) is 33.6. The van der Waals surface area contributed by atoms with E-state index < -0.39 is 85.5 Å². The molecule has 0 bridgehead atoms. The highest BCUT2D eigenvalue weighted by Crippen LogP contribution is 2.51. The number of rotatable bonds is 19. The monoisotopic (exact) mass is 930 g/mol. The number of nitrogens with zero attached hydrogens (tertiary/aromatic N) is 3. The fourth-order valence-electron chi connectivity index (χ4n) is 8.02. The fraction of sp³-hybridized carbons (Fsp3) is 0.474. The lowest BCUT2D eigenvalue weighted by molar-refractivity contribution is -0.437. The van der Waals surface area contributed by atoms with Crippen molar-refractivity contribution in [2.45, 2.75) is 99.2 Å². The number of hydrogen-bond acceptors (Lipinski definition) is 13. The molecular formula is C38H48N3O16S4+. The lowest BCUT2D eigenvalue weighted by Crippen LogP contribution is -2.32. The molecule has 2 amide bonds. The molecule has 4 N–H and O–H groups in total. The average molecular weight is 931 g/mol. The van der Waals surface area contributed by atoms with Gasteiger partial charge in [-0.25, -0.2) is 4.79 Å². The molecule has 0 saturated carbocycles. The Morgan fingerprint density at radius 3 is 1.93 bits per heavy atom. The van der Waals surface area contributed by atoms with E-state index in [1.165, 1.54) is 36.4 Å². The van der Waals surface area contributed by atoms with Crippen molar-refractivity contribution in [3.8, 4) is 0 Å². The maximum absolute atomic E-state index is 12.5. The molecule has 0 aromatic heterocycles. The summed E-state index contributed by atoms with van der Waals surface area (Å²) < 4.78 is 136. The third-order valence-electron chi connectivity index (χ3n) is 11.0. The topological polar surface area (TPSA) is 287 Å². The van der Waals surface area contributed by atoms with E-state index in [2.05, 4.69) is 0 Å². The van der Waals surface area contributed by atoms with Crippen molar-refractivity contribution in [2.75, 3.05) is 29.5 Å². The van der Waals surface area contributed by atoms with E-state index in [0.717, 1.165) is 0 Å². The number of benzene rings is 2. The molecule has 3 heterocycles. The highest BCUT2D eigenvalue weighted by Gasteiger charge is 2.46. The minimum Gasteiger partial charge on any atom is -0.344 e. The summed E-state index contributed by atoms with van der Waals surface area (Å²) >= 11 is 0. The fourth-order valence-corrected chi connectivity index (χ4v) is 10.0.